The van der Waals surface area contributed by atoms with Gasteiger partial charge in [0.2, 0.25) is 0 Å². The van der Waals surface area contributed by atoms with E-state index in [4.69, 9.17) is 9.47 Å². The highest BCUT2D eigenvalue weighted by molar-refractivity contribution is 4.41. The normalized spacial score (nSPS) is 11.0. The van der Waals surface area contributed by atoms with E-state index in [1.807, 2.05) is 0 Å². The summed E-state index contributed by atoms with van der Waals surface area (Å²) >= 11 is 0. The standard InChI is InChI=1S/C9H21NO2/c1-4-7-11-9-12-8-5-6-10(2)3/h4-9H2,1-3H3. The molecule has 0 radical (unpaired) electrons. The lowest BCUT2D eigenvalue weighted by molar-refractivity contribution is -0.0548. The zero-order chi connectivity index (χ0) is 9.23. The summed E-state index contributed by atoms with van der Waals surface area (Å²) in [6, 6.07) is 0. The van der Waals surface area contributed by atoms with Crippen molar-refractivity contribution in [1.29, 1.82) is 0 Å². The maximum Gasteiger partial charge on any atom is 0.146 e. The lowest BCUT2D eigenvalue weighted by Crippen LogP contribution is -2.15. The van der Waals surface area contributed by atoms with Crippen LogP contribution in [0.1, 0.15) is 19.8 Å². The Morgan fingerprint density at radius 3 is 2.33 bits per heavy atom. The van der Waals surface area contributed by atoms with Crippen molar-refractivity contribution in [2.24, 2.45) is 0 Å². The van der Waals surface area contributed by atoms with Crippen LogP contribution in [0.3, 0.4) is 0 Å². The lowest BCUT2D eigenvalue weighted by atomic mass is 10.4. The summed E-state index contributed by atoms with van der Waals surface area (Å²) in [4.78, 5) is 2.15. The van der Waals surface area contributed by atoms with Crippen LogP contribution >= 0.6 is 0 Å². The van der Waals surface area contributed by atoms with E-state index in [0.29, 0.717) is 6.79 Å². The van der Waals surface area contributed by atoms with Gasteiger partial charge in [-0.1, -0.05) is 6.92 Å². The third kappa shape index (κ3) is 9.88. The second-order valence-corrected chi connectivity index (χ2v) is 3.09. The first-order valence-corrected chi connectivity index (χ1v) is 4.57. The second-order valence-electron chi connectivity index (χ2n) is 3.09. The molecule has 74 valence electrons. The van der Waals surface area contributed by atoms with Crippen LogP contribution in [0.5, 0.6) is 0 Å². The first kappa shape index (κ1) is 11.9. The van der Waals surface area contributed by atoms with Gasteiger partial charge >= 0.3 is 0 Å². The van der Waals surface area contributed by atoms with Gasteiger partial charge in [-0.05, 0) is 33.5 Å². The maximum absolute atomic E-state index is 5.24. The predicted molar refractivity (Wildman–Crippen MR) is 50.2 cm³/mol. The van der Waals surface area contributed by atoms with Crippen LogP contribution in [0.25, 0.3) is 0 Å². The molecule has 12 heavy (non-hydrogen) atoms. The molecule has 0 aliphatic rings. The molecule has 0 bridgehead atoms. The van der Waals surface area contributed by atoms with Crippen LogP contribution in [0.2, 0.25) is 0 Å². The molecule has 0 aliphatic carbocycles. The van der Waals surface area contributed by atoms with E-state index in [1.165, 1.54) is 0 Å². The summed E-state index contributed by atoms with van der Waals surface area (Å²) in [6.45, 7) is 5.21. The van der Waals surface area contributed by atoms with Crippen LogP contribution < -0.4 is 0 Å². The van der Waals surface area contributed by atoms with Gasteiger partial charge in [-0.2, -0.15) is 0 Å². The van der Waals surface area contributed by atoms with Gasteiger partial charge in [-0.25, -0.2) is 0 Å². The quantitative estimate of drug-likeness (QED) is 0.410. The van der Waals surface area contributed by atoms with Gasteiger partial charge in [0.1, 0.15) is 6.79 Å². The average Bonchev–Trinajstić information content (AvgIpc) is 2.02. The lowest BCUT2D eigenvalue weighted by Gasteiger charge is -2.09. The fourth-order valence-electron chi connectivity index (χ4n) is 0.804. The molecule has 0 unspecified atom stereocenters. The molecular weight excluding hydrogens is 154 g/mol. The number of nitrogens with zero attached hydrogens (tertiary/aromatic N) is 1. The highest BCUT2D eigenvalue weighted by atomic mass is 16.7. The van der Waals surface area contributed by atoms with E-state index < -0.39 is 0 Å². The maximum atomic E-state index is 5.24. The monoisotopic (exact) mass is 175 g/mol. The molecule has 0 saturated carbocycles. The minimum Gasteiger partial charge on any atom is -0.355 e. The van der Waals surface area contributed by atoms with E-state index >= 15 is 0 Å². The predicted octanol–water partition coefficient (Wildman–Crippen LogP) is 1.34. The molecule has 3 nitrogen and oxygen atoms in total. The summed E-state index contributed by atoms with van der Waals surface area (Å²) in [5.41, 5.74) is 0. The molecule has 0 aromatic rings. The Morgan fingerprint density at radius 1 is 1.08 bits per heavy atom. The molecule has 0 N–H and O–H groups in total. The van der Waals surface area contributed by atoms with E-state index in [2.05, 4.69) is 25.9 Å². The number of hydrogen-bond donors (Lipinski definition) is 0. The highest BCUT2D eigenvalue weighted by Gasteiger charge is 1.90. The van der Waals surface area contributed by atoms with Gasteiger partial charge in [0, 0.05) is 6.61 Å². The van der Waals surface area contributed by atoms with Crippen molar-refractivity contribution in [2.45, 2.75) is 19.8 Å². The molecule has 0 fully saturated rings. The van der Waals surface area contributed by atoms with E-state index in [-0.39, 0.29) is 0 Å². The van der Waals surface area contributed by atoms with Crippen LogP contribution in [0, 0.1) is 0 Å². The molecule has 0 aromatic heterocycles. The fourth-order valence-corrected chi connectivity index (χ4v) is 0.804. The Labute approximate surface area is 75.6 Å². The molecule has 0 saturated heterocycles. The Balaban J connectivity index is 2.82. The van der Waals surface area contributed by atoms with Crippen molar-refractivity contribution >= 4 is 0 Å². The second kappa shape index (κ2) is 8.97. The van der Waals surface area contributed by atoms with Gasteiger partial charge in [-0.3, -0.25) is 0 Å². The van der Waals surface area contributed by atoms with Crippen molar-refractivity contribution in [3.05, 3.63) is 0 Å². The molecule has 3 heteroatoms. The SMILES string of the molecule is CCCOCOCCCN(C)C. The van der Waals surface area contributed by atoms with Crippen molar-refractivity contribution < 1.29 is 9.47 Å². The zero-order valence-electron chi connectivity index (χ0n) is 8.51. The van der Waals surface area contributed by atoms with Crippen LogP contribution in [-0.4, -0.2) is 45.5 Å². The van der Waals surface area contributed by atoms with E-state index in [1.54, 1.807) is 0 Å². The first-order chi connectivity index (χ1) is 5.77. The third-order valence-corrected chi connectivity index (χ3v) is 1.41. The number of ether oxygens (including phenoxy) is 2. The minimum absolute atomic E-state index is 0.446. The Bertz CT molecular complexity index is 86.6. The van der Waals surface area contributed by atoms with Crippen molar-refractivity contribution in [2.75, 3.05) is 40.6 Å². The van der Waals surface area contributed by atoms with Crippen molar-refractivity contribution in [1.82, 2.24) is 4.90 Å². The van der Waals surface area contributed by atoms with Crippen molar-refractivity contribution in [3.63, 3.8) is 0 Å². The van der Waals surface area contributed by atoms with Crippen LogP contribution in [0.4, 0.5) is 0 Å². The number of rotatable bonds is 8. The molecule has 0 heterocycles. The smallest absolute Gasteiger partial charge is 0.146 e. The van der Waals surface area contributed by atoms with E-state index in [0.717, 1.165) is 32.6 Å². The topological polar surface area (TPSA) is 21.7 Å². The zero-order valence-corrected chi connectivity index (χ0v) is 8.51. The molecule has 0 amide bonds. The Kier molecular flexibility index (Phi) is 8.88. The Morgan fingerprint density at radius 2 is 1.75 bits per heavy atom. The van der Waals surface area contributed by atoms with Gasteiger partial charge in [0.05, 0.1) is 6.61 Å². The summed E-state index contributed by atoms with van der Waals surface area (Å²) in [7, 11) is 4.13. The Hall–Kier alpha value is -0.120. The summed E-state index contributed by atoms with van der Waals surface area (Å²) in [5, 5.41) is 0. The molecule has 0 aliphatic heterocycles. The fraction of sp³-hybridized carbons (Fsp3) is 1.00. The minimum atomic E-state index is 0.446. The molecule has 0 spiro atoms. The van der Waals surface area contributed by atoms with Gasteiger partial charge in [-0.15, -0.1) is 0 Å². The van der Waals surface area contributed by atoms with Crippen LogP contribution in [0.15, 0.2) is 0 Å². The summed E-state index contributed by atoms with van der Waals surface area (Å²) in [5.74, 6) is 0. The van der Waals surface area contributed by atoms with Crippen molar-refractivity contribution in [3.8, 4) is 0 Å². The van der Waals surface area contributed by atoms with Crippen LogP contribution in [-0.2, 0) is 9.47 Å². The number of hydrogen-bond acceptors (Lipinski definition) is 3. The van der Waals surface area contributed by atoms with E-state index in [9.17, 15) is 0 Å². The molecule has 0 atom stereocenters. The summed E-state index contributed by atoms with van der Waals surface area (Å²) < 4.78 is 10.4. The molecular formula is C9H21NO2. The van der Waals surface area contributed by atoms with Gasteiger partial charge in [0.15, 0.2) is 0 Å². The first-order valence-electron chi connectivity index (χ1n) is 4.57. The largest absolute Gasteiger partial charge is 0.355 e. The van der Waals surface area contributed by atoms with Gasteiger partial charge in [0.25, 0.3) is 0 Å². The molecule has 0 aromatic carbocycles. The van der Waals surface area contributed by atoms with Gasteiger partial charge < -0.3 is 14.4 Å². The molecule has 0 rings (SSSR count). The highest BCUT2D eigenvalue weighted by Crippen LogP contribution is 1.87. The average molecular weight is 175 g/mol. The third-order valence-electron chi connectivity index (χ3n) is 1.41. The summed E-state index contributed by atoms with van der Waals surface area (Å²) in [6.07, 6.45) is 2.13.